The minimum absolute atomic E-state index is 0.00251. The Morgan fingerprint density at radius 1 is 0.911 bits per heavy atom. The molecule has 1 aromatic carbocycles. The van der Waals surface area contributed by atoms with Crippen LogP contribution in [0.15, 0.2) is 30.0 Å². The van der Waals surface area contributed by atoms with Gasteiger partial charge in [-0.1, -0.05) is 6.07 Å². The maximum atomic E-state index is 13.7. The van der Waals surface area contributed by atoms with Gasteiger partial charge in [0.05, 0.1) is 26.4 Å². The molecule has 16 heteroatoms. The maximum Gasteiger partial charge on any atom is 0.534 e. The number of ether oxygens (including phenoxy) is 8. The molecule has 45 heavy (non-hydrogen) atoms. The van der Waals surface area contributed by atoms with E-state index in [1.165, 1.54) is 0 Å². The van der Waals surface area contributed by atoms with Crippen molar-refractivity contribution in [2.45, 2.75) is 70.6 Å². The Morgan fingerprint density at radius 3 is 2.02 bits per heavy atom. The van der Waals surface area contributed by atoms with Gasteiger partial charge in [-0.15, -0.1) is 0 Å². The number of rotatable bonds is 17. The number of methoxy groups -OCH3 is 2. The second kappa shape index (κ2) is 17.0. The highest BCUT2D eigenvalue weighted by atomic mass is 31.2. The van der Waals surface area contributed by atoms with Crippen LogP contribution >= 0.6 is 7.82 Å². The molecule has 1 aromatic rings. The van der Waals surface area contributed by atoms with Crippen LogP contribution in [-0.4, -0.2) is 90.4 Å². The van der Waals surface area contributed by atoms with Crippen LogP contribution in [0.2, 0.25) is 0 Å². The number of benzene rings is 1. The first-order valence-corrected chi connectivity index (χ1v) is 15.9. The number of fused-ring (bicyclic) bond motifs is 1. The molecule has 2 atom stereocenters. The minimum Gasteiger partial charge on any atom is -0.493 e. The lowest BCUT2D eigenvalue weighted by Crippen LogP contribution is -2.43. The van der Waals surface area contributed by atoms with Crippen molar-refractivity contribution in [3.8, 4) is 11.5 Å². The summed E-state index contributed by atoms with van der Waals surface area (Å²) in [5, 5.41) is 0. The Morgan fingerprint density at radius 2 is 1.49 bits per heavy atom. The summed E-state index contributed by atoms with van der Waals surface area (Å²) < 4.78 is 70.6. The summed E-state index contributed by atoms with van der Waals surface area (Å²) in [5.74, 6) is 1.67. The molecule has 254 valence electrons. The summed E-state index contributed by atoms with van der Waals surface area (Å²) in [6.07, 6.45) is 1.11. The van der Waals surface area contributed by atoms with Crippen molar-refractivity contribution in [3.63, 3.8) is 0 Å². The standard InChI is InChI=1S/C29H44NO14P/c1-20(2)42-27(31)38-16-36-18-40-45(33,41-19-37-17-39-28(32)43-21(3)4)44-23-10-11-29(12-13-30(5)26(29)15-23)22-8-9-24(34-6)25(14-22)35-7/h8-10,14,20-21,26H,11-13,15-19H2,1-7H3. The molecule has 3 rings (SSSR count). The van der Waals surface area contributed by atoms with E-state index in [1.807, 2.05) is 31.3 Å². The fourth-order valence-electron chi connectivity index (χ4n) is 5.09. The molecule has 1 aliphatic heterocycles. The molecule has 0 spiro atoms. The molecule has 15 nitrogen and oxygen atoms in total. The molecule has 2 unspecified atom stereocenters. The Kier molecular flexibility index (Phi) is 13.8. The van der Waals surface area contributed by atoms with Gasteiger partial charge >= 0.3 is 20.1 Å². The van der Waals surface area contributed by atoms with Gasteiger partial charge in [0.2, 0.25) is 0 Å². The monoisotopic (exact) mass is 661 g/mol. The maximum absolute atomic E-state index is 13.7. The first-order chi connectivity index (χ1) is 21.4. The average Bonchev–Trinajstić information content (AvgIpc) is 3.32. The molecular formula is C29H44NO14P. The summed E-state index contributed by atoms with van der Waals surface area (Å²) in [7, 11) is 0.867. The van der Waals surface area contributed by atoms with Gasteiger partial charge in [-0.05, 0) is 77.9 Å². The third-order valence-electron chi connectivity index (χ3n) is 7.13. The average molecular weight is 662 g/mol. The number of hydrogen-bond donors (Lipinski definition) is 0. The molecule has 1 fully saturated rings. The van der Waals surface area contributed by atoms with E-state index < -0.39 is 47.3 Å². The largest absolute Gasteiger partial charge is 0.534 e. The lowest BCUT2D eigenvalue weighted by atomic mass is 9.68. The molecular weight excluding hydrogens is 617 g/mol. The van der Waals surface area contributed by atoms with Crippen molar-refractivity contribution in [1.29, 1.82) is 0 Å². The zero-order valence-corrected chi connectivity index (χ0v) is 27.7. The van der Waals surface area contributed by atoms with Gasteiger partial charge in [0.15, 0.2) is 38.7 Å². The van der Waals surface area contributed by atoms with Crippen molar-refractivity contribution in [3.05, 3.63) is 35.6 Å². The van der Waals surface area contributed by atoms with E-state index in [-0.39, 0.29) is 23.7 Å². The van der Waals surface area contributed by atoms with Gasteiger partial charge in [-0.3, -0.25) is 0 Å². The van der Waals surface area contributed by atoms with Crippen molar-refractivity contribution in [1.82, 2.24) is 4.90 Å². The van der Waals surface area contributed by atoms with Crippen LogP contribution in [0.25, 0.3) is 0 Å². The SMILES string of the molecule is COc1ccc(C23CC=C(OP(=O)(OCOCOC(=O)OC(C)C)OCOCOC(=O)OC(C)C)CC2N(C)CC3)cc1OC. The molecule has 0 N–H and O–H groups in total. The number of likely N-dealkylation sites (N-methyl/N-ethyl adjacent to an activating group) is 1. The van der Waals surface area contributed by atoms with E-state index in [1.54, 1.807) is 41.9 Å². The topological polar surface area (TPSA) is 156 Å². The van der Waals surface area contributed by atoms with E-state index in [0.29, 0.717) is 30.1 Å². The number of phosphoric ester groups is 1. The van der Waals surface area contributed by atoms with E-state index >= 15 is 0 Å². The van der Waals surface area contributed by atoms with Crippen molar-refractivity contribution < 1.29 is 65.6 Å². The molecule has 1 heterocycles. The lowest BCUT2D eigenvalue weighted by molar-refractivity contribution is -0.114. The fraction of sp³-hybridized carbons (Fsp3) is 0.655. The van der Waals surface area contributed by atoms with Crippen LogP contribution in [0.4, 0.5) is 9.59 Å². The van der Waals surface area contributed by atoms with Crippen LogP contribution in [-0.2, 0) is 52.0 Å². The van der Waals surface area contributed by atoms with E-state index in [4.69, 9.17) is 51.5 Å². The smallest absolute Gasteiger partial charge is 0.493 e. The molecule has 0 saturated carbocycles. The zero-order valence-electron chi connectivity index (χ0n) is 26.8. The second-order valence-electron chi connectivity index (χ2n) is 10.8. The minimum atomic E-state index is -4.35. The highest BCUT2D eigenvalue weighted by Crippen LogP contribution is 2.55. The van der Waals surface area contributed by atoms with Crippen LogP contribution in [0.1, 0.15) is 52.5 Å². The van der Waals surface area contributed by atoms with Gasteiger partial charge in [0.1, 0.15) is 5.76 Å². The second-order valence-corrected chi connectivity index (χ2v) is 12.4. The van der Waals surface area contributed by atoms with Gasteiger partial charge in [-0.2, -0.15) is 0 Å². The normalized spacial score (nSPS) is 19.9. The van der Waals surface area contributed by atoms with Crippen molar-refractivity contribution in [2.24, 2.45) is 0 Å². The first-order valence-electron chi connectivity index (χ1n) is 14.4. The lowest BCUT2D eigenvalue weighted by Gasteiger charge is -2.41. The van der Waals surface area contributed by atoms with Crippen LogP contribution in [0.3, 0.4) is 0 Å². The molecule has 2 aliphatic rings. The highest BCUT2D eigenvalue weighted by molar-refractivity contribution is 7.48. The van der Waals surface area contributed by atoms with Gasteiger partial charge < -0.3 is 47.3 Å². The van der Waals surface area contributed by atoms with Crippen LogP contribution < -0.4 is 9.47 Å². The molecule has 1 saturated heterocycles. The van der Waals surface area contributed by atoms with Gasteiger partial charge in [0.25, 0.3) is 0 Å². The third kappa shape index (κ3) is 10.5. The number of phosphoric acid groups is 1. The Hall–Kier alpha value is -3.07. The van der Waals surface area contributed by atoms with Crippen molar-refractivity contribution in [2.75, 3.05) is 55.0 Å². The Balaban J connectivity index is 1.68. The highest BCUT2D eigenvalue weighted by Gasteiger charge is 2.50. The summed E-state index contributed by atoms with van der Waals surface area (Å²) in [6, 6.07) is 5.92. The summed E-state index contributed by atoms with van der Waals surface area (Å²) in [5.41, 5.74) is 0.845. The van der Waals surface area contributed by atoms with Crippen LogP contribution in [0.5, 0.6) is 11.5 Å². The number of likely N-dealkylation sites (tertiary alicyclic amines) is 1. The van der Waals surface area contributed by atoms with Gasteiger partial charge in [0, 0.05) is 17.9 Å². The molecule has 0 bridgehead atoms. The number of hydrogen-bond acceptors (Lipinski definition) is 15. The number of carbonyl (C=O) groups is 2. The number of allylic oxidation sites excluding steroid dienone is 1. The number of carbonyl (C=O) groups excluding carboxylic acids is 2. The van der Waals surface area contributed by atoms with Crippen LogP contribution in [0, 0.1) is 0 Å². The Labute approximate surface area is 263 Å². The van der Waals surface area contributed by atoms with E-state index in [0.717, 1.165) is 18.5 Å². The van der Waals surface area contributed by atoms with Gasteiger partial charge in [-0.25, -0.2) is 23.2 Å². The molecule has 0 radical (unpaired) electrons. The first kappa shape index (κ1) is 36.4. The van der Waals surface area contributed by atoms with Crippen molar-refractivity contribution >= 4 is 20.1 Å². The molecule has 0 amide bonds. The summed E-state index contributed by atoms with van der Waals surface area (Å²) in [6.45, 7) is 5.20. The molecule has 0 aromatic heterocycles. The fourth-order valence-corrected chi connectivity index (χ4v) is 6.12. The zero-order chi connectivity index (χ0) is 33.0. The summed E-state index contributed by atoms with van der Waals surface area (Å²) in [4.78, 5) is 25.3. The Bertz CT molecular complexity index is 1170. The quantitative estimate of drug-likeness (QED) is 0.0896. The predicted octanol–water partition coefficient (Wildman–Crippen LogP) is 5.47. The van der Waals surface area contributed by atoms with E-state index in [9.17, 15) is 14.2 Å². The predicted molar refractivity (Wildman–Crippen MR) is 157 cm³/mol. The number of nitrogens with zero attached hydrogens (tertiary/aromatic N) is 1. The molecule has 1 aliphatic carbocycles. The van der Waals surface area contributed by atoms with E-state index in [2.05, 4.69) is 4.90 Å². The third-order valence-corrected chi connectivity index (χ3v) is 8.43. The summed E-state index contributed by atoms with van der Waals surface area (Å²) >= 11 is 0.